The van der Waals surface area contributed by atoms with E-state index in [2.05, 4.69) is 34.8 Å². The number of rotatable bonds is 4. The molecule has 1 aromatic carbocycles. The fourth-order valence-electron chi connectivity index (χ4n) is 1.72. The van der Waals surface area contributed by atoms with Gasteiger partial charge in [-0.15, -0.1) is 0 Å². The fourth-order valence-corrected chi connectivity index (χ4v) is 2.15. The Labute approximate surface area is 126 Å². The summed E-state index contributed by atoms with van der Waals surface area (Å²) in [7, 11) is 0. The monoisotopic (exact) mass is 338 g/mol. The van der Waals surface area contributed by atoms with E-state index in [0.29, 0.717) is 22.6 Å². The van der Waals surface area contributed by atoms with Crippen LogP contribution >= 0.6 is 15.9 Å². The van der Waals surface area contributed by atoms with Gasteiger partial charge in [-0.1, -0.05) is 13.8 Å². The first kappa shape index (κ1) is 14.9. The third-order valence-corrected chi connectivity index (χ3v) is 3.44. The van der Waals surface area contributed by atoms with Crippen LogP contribution in [-0.4, -0.2) is 4.98 Å². The van der Waals surface area contributed by atoms with E-state index >= 15 is 0 Å². The van der Waals surface area contributed by atoms with Crippen LogP contribution in [0.5, 0.6) is 11.6 Å². The van der Waals surface area contributed by atoms with Gasteiger partial charge in [-0.2, -0.15) is 0 Å². The molecule has 2 N–H and O–H groups in total. The molecule has 0 unspecified atom stereocenters. The van der Waals surface area contributed by atoms with Crippen molar-refractivity contribution in [3.63, 3.8) is 0 Å². The van der Waals surface area contributed by atoms with Crippen molar-refractivity contribution in [3.8, 4) is 11.6 Å². The highest BCUT2D eigenvalue weighted by Gasteiger charge is 2.09. The first-order valence-corrected chi connectivity index (χ1v) is 7.12. The Morgan fingerprint density at radius 3 is 2.65 bits per heavy atom. The number of nitrogens with two attached hydrogens (primary N) is 1. The number of benzene rings is 1. The zero-order valence-electron chi connectivity index (χ0n) is 11.4. The van der Waals surface area contributed by atoms with Crippen molar-refractivity contribution in [3.05, 3.63) is 51.9 Å². The fraction of sp³-hybridized carbons (Fsp3) is 0.267. The third kappa shape index (κ3) is 3.55. The highest BCUT2D eigenvalue weighted by atomic mass is 79.9. The maximum Gasteiger partial charge on any atom is 0.219 e. The van der Waals surface area contributed by atoms with Crippen LogP contribution in [0.25, 0.3) is 0 Å². The molecule has 0 amide bonds. The van der Waals surface area contributed by atoms with E-state index in [4.69, 9.17) is 10.5 Å². The first-order valence-electron chi connectivity index (χ1n) is 6.33. The Kier molecular flexibility index (Phi) is 4.73. The van der Waals surface area contributed by atoms with Gasteiger partial charge in [-0.3, -0.25) is 0 Å². The number of pyridine rings is 1. The molecular formula is C15H16BrFN2O. The van der Waals surface area contributed by atoms with Gasteiger partial charge >= 0.3 is 0 Å². The standard InChI is InChI=1S/C15H16BrFN2O/c1-9(2)13-5-10(8-18)6-15(19-13)20-14-4-3-11(17)7-12(14)16/h3-7,9H,8,18H2,1-2H3. The van der Waals surface area contributed by atoms with Gasteiger partial charge in [0.25, 0.3) is 0 Å². The molecule has 0 saturated carbocycles. The summed E-state index contributed by atoms with van der Waals surface area (Å²) in [6.45, 7) is 4.53. The van der Waals surface area contributed by atoms with E-state index in [1.54, 1.807) is 12.1 Å². The summed E-state index contributed by atoms with van der Waals surface area (Å²) < 4.78 is 19.3. The minimum atomic E-state index is -0.323. The van der Waals surface area contributed by atoms with Crippen LogP contribution < -0.4 is 10.5 Å². The Balaban J connectivity index is 2.34. The smallest absolute Gasteiger partial charge is 0.219 e. The Bertz CT molecular complexity index is 617. The molecular weight excluding hydrogens is 323 g/mol. The third-order valence-electron chi connectivity index (χ3n) is 2.82. The van der Waals surface area contributed by atoms with Gasteiger partial charge in [-0.05, 0) is 51.7 Å². The normalized spacial score (nSPS) is 10.9. The molecule has 0 spiro atoms. The van der Waals surface area contributed by atoms with Crippen molar-refractivity contribution in [2.24, 2.45) is 5.73 Å². The summed E-state index contributed by atoms with van der Waals surface area (Å²) in [5, 5.41) is 0. The summed E-state index contributed by atoms with van der Waals surface area (Å²) in [6.07, 6.45) is 0. The molecule has 2 aromatic rings. The molecule has 0 aliphatic rings. The number of halogens is 2. The maximum absolute atomic E-state index is 13.1. The summed E-state index contributed by atoms with van der Waals surface area (Å²) >= 11 is 3.27. The minimum absolute atomic E-state index is 0.278. The molecule has 3 nitrogen and oxygen atoms in total. The molecule has 1 heterocycles. The van der Waals surface area contributed by atoms with Crippen molar-refractivity contribution < 1.29 is 9.13 Å². The number of nitrogens with zero attached hydrogens (tertiary/aromatic N) is 1. The lowest BCUT2D eigenvalue weighted by Crippen LogP contribution is -2.02. The molecule has 106 valence electrons. The van der Waals surface area contributed by atoms with Crippen molar-refractivity contribution >= 4 is 15.9 Å². The van der Waals surface area contributed by atoms with Crippen molar-refractivity contribution in [1.29, 1.82) is 0 Å². The van der Waals surface area contributed by atoms with E-state index < -0.39 is 0 Å². The lowest BCUT2D eigenvalue weighted by atomic mass is 10.1. The van der Waals surface area contributed by atoms with Gasteiger partial charge < -0.3 is 10.5 Å². The number of hydrogen-bond donors (Lipinski definition) is 1. The number of aromatic nitrogens is 1. The van der Waals surface area contributed by atoms with E-state index in [1.165, 1.54) is 12.1 Å². The van der Waals surface area contributed by atoms with Gasteiger partial charge in [0.2, 0.25) is 5.88 Å². The van der Waals surface area contributed by atoms with Crippen LogP contribution in [0.4, 0.5) is 4.39 Å². The Hall–Kier alpha value is -1.46. The van der Waals surface area contributed by atoms with Crippen molar-refractivity contribution in [2.75, 3.05) is 0 Å². The molecule has 2 rings (SSSR count). The van der Waals surface area contributed by atoms with E-state index in [-0.39, 0.29) is 11.7 Å². The molecule has 0 bridgehead atoms. The van der Waals surface area contributed by atoms with E-state index in [0.717, 1.165) is 11.3 Å². The highest BCUT2D eigenvalue weighted by Crippen LogP contribution is 2.30. The first-order chi connectivity index (χ1) is 9.49. The summed E-state index contributed by atoms with van der Waals surface area (Å²) in [6, 6.07) is 8.02. The zero-order valence-corrected chi connectivity index (χ0v) is 12.9. The minimum Gasteiger partial charge on any atom is -0.438 e. The predicted molar refractivity (Wildman–Crippen MR) is 80.4 cm³/mol. The number of ether oxygens (including phenoxy) is 1. The second kappa shape index (κ2) is 6.33. The van der Waals surface area contributed by atoms with Crippen LogP contribution in [0.2, 0.25) is 0 Å². The SMILES string of the molecule is CC(C)c1cc(CN)cc(Oc2ccc(F)cc2Br)n1. The van der Waals surface area contributed by atoms with E-state index in [9.17, 15) is 4.39 Å². The highest BCUT2D eigenvalue weighted by molar-refractivity contribution is 9.10. The average Bonchev–Trinajstić information content (AvgIpc) is 2.41. The molecule has 1 aromatic heterocycles. The topological polar surface area (TPSA) is 48.1 Å². The van der Waals surface area contributed by atoms with Crippen LogP contribution in [0.1, 0.15) is 31.0 Å². The van der Waals surface area contributed by atoms with Crippen LogP contribution in [-0.2, 0) is 6.54 Å². The molecule has 0 aliphatic carbocycles. The van der Waals surface area contributed by atoms with Gasteiger partial charge in [0.05, 0.1) is 4.47 Å². The predicted octanol–water partition coefficient (Wildman–Crippen LogP) is 4.36. The molecule has 0 saturated heterocycles. The lowest BCUT2D eigenvalue weighted by Gasteiger charge is -2.12. The average molecular weight is 339 g/mol. The van der Waals surface area contributed by atoms with Gasteiger partial charge in [-0.25, -0.2) is 9.37 Å². The molecule has 0 atom stereocenters. The van der Waals surface area contributed by atoms with E-state index in [1.807, 2.05) is 6.07 Å². The van der Waals surface area contributed by atoms with Crippen molar-refractivity contribution in [2.45, 2.75) is 26.3 Å². The van der Waals surface area contributed by atoms with Crippen LogP contribution in [0, 0.1) is 5.82 Å². The summed E-state index contributed by atoms with van der Waals surface area (Å²) in [5.41, 5.74) is 7.56. The van der Waals surface area contributed by atoms with Crippen LogP contribution in [0.15, 0.2) is 34.8 Å². The maximum atomic E-state index is 13.1. The van der Waals surface area contributed by atoms with Gasteiger partial charge in [0.1, 0.15) is 11.6 Å². The van der Waals surface area contributed by atoms with Crippen LogP contribution in [0.3, 0.4) is 0 Å². The molecule has 5 heteroatoms. The Morgan fingerprint density at radius 2 is 2.05 bits per heavy atom. The zero-order chi connectivity index (χ0) is 14.7. The summed E-state index contributed by atoms with van der Waals surface area (Å²) in [4.78, 5) is 4.45. The number of hydrogen-bond acceptors (Lipinski definition) is 3. The lowest BCUT2D eigenvalue weighted by molar-refractivity contribution is 0.454. The molecule has 0 radical (unpaired) electrons. The molecule has 20 heavy (non-hydrogen) atoms. The molecule has 0 fully saturated rings. The largest absolute Gasteiger partial charge is 0.438 e. The summed E-state index contributed by atoms with van der Waals surface area (Å²) in [5.74, 6) is 0.933. The quantitative estimate of drug-likeness (QED) is 0.900. The second-order valence-corrected chi connectivity index (χ2v) is 5.63. The van der Waals surface area contributed by atoms with Gasteiger partial charge in [0.15, 0.2) is 0 Å². The Morgan fingerprint density at radius 1 is 1.30 bits per heavy atom. The van der Waals surface area contributed by atoms with Gasteiger partial charge in [0, 0.05) is 18.3 Å². The second-order valence-electron chi connectivity index (χ2n) is 4.77. The van der Waals surface area contributed by atoms with Crippen molar-refractivity contribution in [1.82, 2.24) is 4.98 Å². The molecule has 0 aliphatic heterocycles.